The standard InChI is InChI=1S/C13H12N2OS2/c1-18-11-7-3-2-5-9(11)16-10-6-4-8-15-12(10)13(14)17/h2-8H,1H3,(H2,14,17). The molecule has 0 spiro atoms. The molecule has 0 amide bonds. The van der Waals surface area contributed by atoms with Crippen LogP contribution in [0.15, 0.2) is 47.5 Å². The van der Waals surface area contributed by atoms with E-state index in [4.69, 9.17) is 22.7 Å². The summed E-state index contributed by atoms with van der Waals surface area (Å²) >= 11 is 6.58. The third-order valence-electron chi connectivity index (χ3n) is 2.29. The number of benzene rings is 1. The Morgan fingerprint density at radius 2 is 1.94 bits per heavy atom. The molecule has 1 aromatic heterocycles. The van der Waals surface area contributed by atoms with E-state index in [0.717, 1.165) is 10.6 Å². The van der Waals surface area contributed by atoms with Crippen LogP contribution in [-0.2, 0) is 0 Å². The monoisotopic (exact) mass is 276 g/mol. The minimum atomic E-state index is 0.229. The predicted molar refractivity (Wildman–Crippen MR) is 78.4 cm³/mol. The van der Waals surface area contributed by atoms with Crippen molar-refractivity contribution < 1.29 is 4.74 Å². The van der Waals surface area contributed by atoms with Crippen molar-refractivity contribution in [3.05, 3.63) is 48.3 Å². The number of thiocarbonyl (C=S) groups is 1. The number of ether oxygens (including phenoxy) is 1. The Labute approximate surface area is 115 Å². The largest absolute Gasteiger partial charge is 0.454 e. The second kappa shape index (κ2) is 5.84. The minimum absolute atomic E-state index is 0.229. The molecule has 0 fully saturated rings. The molecule has 0 saturated heterocycles. The quantitative estimate of drug-likeness (QED) is 0.686. The molecule has 0 aliphatic rings. The van der Waals surface area contributed by atoms with Crippen molar-refractivity contribution in [2.24, 2.45) is 5.73 Å². The van der Waals surface area contributed by atoms with Crippen LogP contribution in [-0.4, -0.2) is 16.2 Å². The Balaban J connectivity index is 2.37. The molecule has 2 N–H and O–H groups in total. The maximum atomic E-state index is 5.84. The summed E-state index contributed by atoms with van der Waals surface area (Å²) in [5.74, 6) is 1.35. The summed E-state index contributed by atoms with van der Waals surface area (Å²) in [4.78, 5) is 5.41. The van der Waals surface area contributed by atoms with E-state index >= 15 is 0 Å². The van der Waals surface area contributed by atoms with Crippen LogP contribution in [0.2, 0.25) is 0 Å². The van der Waals surface area contributed by atoms with Crippen LogP contribution in [0.25, 0.3) is 0 Å². The van der Waals surface area contributed by atoms with E-state index in [9.17, 15) is 0 Å². The molecule has 18 heavy (non-hydrogen) atoms. The summed E-state index contributed by atoms with van der Waals surface area (Å²) in [6.45, 7) is 0. The van der Waals surface area contributed by atoms with Gasteiger partial charge >= 0.3 is 0 Å². The first-order valence-electron chi connectivity index (χ1n) is 5.28. The van der Waals surface area contributed by atoms with Gasteiger partial charge in [-0.05, 0) is 30.5 Å². The fourth-order valence-electron chi connectivity index (χ4n) is 1.48. The van der Waals surface area contributed by atoms with Crippen LogP contribution in [0.3, 0.4) is 0 Å². The van der Waals surface area contributed by atoms with Crippen LogP contribution in [0.5, 0.6) is 11.5 Å². The molecule has 0 aliphatic carbocycles. The first-order chi connectivity index (χ1) is 8.72. The average molecular weight is 276 g/mol. The number of nitrogens with zero attached hydrogens (tertiary/aromatic N) is 1. The van der Waals surface area contributed by atoms with Crippen LogP contribution >= 0.6 is 24.0 Å². The molecule has 2 rings (SSSR count). The third-order valence-corrected chi connectivity index (χ3v) is 3.26. The zero-order chi connectivity index (χ0) is 13.0. The molecule has 0 unspecified atom stereocenters. The van der Waals surface area contributed by atoms with Gasteiger partial charge in [0.05, 0.1) is 0 Å². The molecule has 2 aromatic rings. The van der Waals surface area contributed by atoms with Gasteiger partial charge in [0, 0.05) is 11.1 Å². The molecule has 0 aliphatic heterocycles. The Kier molecular flexibility index (Phi) is 4.17. The minimum Gasteiger partial charge on any atom is -0.454 e. The summed E-state index contributed by atoms with van der Waals surface area (Å²) in [6, 6.07) is 11.4. The van der Waals surface area contributed by atoms with Crippen molar-refractivity contribution in [2.75, 3.05) is 6.26 Å². The van der Waals surface area contributed by atoms with Gasteiger partial charge in [0.1, 0.15) is 16.4 Å². The normalized spacial score (nSPS) is 10.1. The van der Waals surface area contributed by atoms with Gasteiger partial charge in [0.2, 0.25) is 0 Å². The van der Waals surface area contributed by atoms with E-state index in [2.05, 4.69) is 4.98 Å². The number of nitrogens with two attached hydrogens (primary N) is 1. The van der Waals surface area contributed by atoms with Crippen molar-refractivity contribution >= 4 is 29.0 Å². The smallest absolute Gasteiger partial charge is 0.156 e. The third kappa shape index (κ3) is 2.80. The molecular formula is C13H12N2OS2. The summed E-state index contributed by atoms with van der Waals surface area (Å²) in [5.41, 5.74) is 6.13. The average Bonchev–Trinajstić information content (AvgIpc) is 2.40. The van der Waals surface area contributed by atoms with E-state index in [0.29, 0.717) is 11.4 Å². The van der Waals surface area contributed by atoms with Crippen molar-refractivity contribution in [1.29, 1.82) is 0 Å². The maximum Gasteiger partial charge on any atom is 0.156 e. The summed E-state index contributed by atoms with van der Waals surface area (Å²) in [6.07, 6.45) is 3.64. The second-order valence-corrected chi connectivity index (χ2v) is 4.76. The fourth-order valence-corrected chi connectivity index (χ4v) is 2.16. The van der Waals surface area contributed by atoms with Crippen molar-refractivity contribution in [2.45, 2.75) is 4.90 Å². The highest BCUT2D eigenvalue weighted by Crippen LogP contribution is 2.32. The van der Waals surface area contributed by atoms with Crippen LogP contribution in [0, 0.1) is 0 Å². The molecule has 0 saturated carbocycles. The van der Waals surface area contributed by atoms with E-state index in [-0.39, 0.29) is 4.99 Å². The number of hydrogen-bond donors (Lipinski definition) is 1. The van der Waals surface area contributed by atoms with Gasteiger partial charge in [-0.1, -0.05) is 24.4 Å². The number of aromatic nitrogens is 1. The lowest BCUT2D eigenvalue weighted by atomic mass is 10.3. The first-order valence-corrected chi connectivity index (χ1v) is 6.91. The first kappa shape index (κ1) is 12.9. The Bertz CT molecular complexity index is 572. The summed E-state index contributed by atoms with van der Waals surface area (Å²) in [5, 5.41) is 0. The number of hydrogen-bond acceptors (Lipinski definition) is 4. The summed E-state index contributed by atoms with van der Waals surface area (Å²) in [7, 11) is 0. The molecule has 0 atom stereocenters. The molecule has 92 valence electrons. The predicted octanol–water partition coefficient (Wildman–Crippen LogP) is 3.23. The molecule has 1 aromatic carbocycles. The molecule has 1 heterocycles. The lowest BCUT2D eigenvalue weighted by molar-refractivity contribution is 0.468. The van der Waals surface area contributed by atoms with E-state index in [1.165, 1.54) is 0 Å². The molecule has 5 heteroatoms. The fraction of sp³-hybridized carbons (Fsp3) is 0.0769. The number of para-hydroxylation sites is 1. The zero-order valence-corrected chi connectivity index (χ0v) is 11.4. The van der Waals surface area contributed by atoms with Gasteiger partial charge in [0.25, 0.3) is 0 Å². The van der Waals surface area contributed by atoms with Crippen LogP contribution in [0.4, 0.5) is 0 Å². The number of thioether (sulfide) groups is 1. The van der Waals surface area contributed by atoms with Crippen molar-refractivity contribution in [1.82, 2.24) is 4.98 Å². The second-order valence-electron chi connectivity index (χ2n) is 3.47. The highest BCUT2D eigenvalue weighted by atomic mass is 32.2. The van der Waals surface area contributed by atoms with Crippen LogP contribution < -0.4 is 10.5 Å². The highest BCUT2D eigenvalue weighted by molar-refractivity contribution is 7.98. The van der Waals surface area contributed by atoms with Gasteiger partial charge in [0.15, 0.2) is 5.75 Å². The number of pyridine rings is 1. The lowest BCUT2D eigenvalue weighted by Gasteiger charge is -2.11. The topological polar surface area (TPSA) is 48.1 Å². The van der Waals surface area contributed by atoms with Crippen molar-refractivity contribution in [3.63, 3.8) is 0 Å². The Morgan fingerprint density at radius 3 is 2.67 bits per heavy atom. The highest BCUT2D eigenvalue weighted by Gasteiger charge is 2.10. The molecular weight excluding hydrogens is 264 g/mol. The number of rotatable bonds is 4. The van der Waals surface area contributed by atoms with E-state index in [1.807, 2.05) is 30.5 Å². The Hall–Kier alpha value is -1.59. The van der Waals surface area contributed by atoms with E-state index in [1.54, 1.807) is 30.1 Å². The van der Waals surface area contributed by atoms with Crippen LogP contribution in [0.1, 0.15) is 5.69 Å². The van der Waals surface area contributed by atoms with Crippen molar-refractivity contribution in [3.8, 4) is 11.5 Å². The van der Waals surface area contributed by atoms with Gasteiger partial charge in [-0.2, -0.15) is 0 Å². The molecule has 0 bridgehead atoms. The lowest BCUT2D eigenvalue weighted by Crippen LogP contribution is -2.12. The Morgan fingerprint density at radius 1 is 1.22 bits per heavy atom. The van der Waals surface area contributed by atoms with Gasteiger partial charge < -0.3 is 10.5 Å². The van der Waals surface area contributed by atoms with Gasteiger partial charge in [-0.15, -0.1) is 11.8 Å². The molecule has 0 radical (unpaired) electrons. The molecule has 3 nitrogen and oxygen atoms in total. The van der Waals surface area contributed by atoms with Gasteiger partial charge in [-0.25, -0.2) is 4.98 Å². The zero-order valence-electron chi connectivity index (χ0n) is 9.79. The maximum absolute atomic E-state index is 5.84. The van der Waals surface area contributed by atoms with Gasteiger partial charge in [-0.3, -0.25) is 0 Å². The SMILES string of the molecule is CSc1ccccc1Oc1cccnc1C(N)=S. The summed E-state index contributed by atoms with van der Waals surface area (Å²) < 4.78 is 5.84. The van der Waals surface area contributed by atoms with E-state index < -0.39 is 0 Å².